The van der Waals surface area contributed by atoms with Crippen LogP contribution >= 0.6 is 78.3 Å². The highest BCUT2D eigenvalue weighted by Gasteiger charge is 2.25. The fraction of sp³-hybridized carbons (Fsp3) is 0.250. The Bertz CT molecular complexity index is 3040. The summed E-state index contributed by atoms with van der Waals surface area (Å²) in [6, 6.07) is 13.7. The molecule has 0 saturated carbocycles. The number of carbonyl (C=O) groups excluding carboxylic acids is 2. The smallest absolute Gasteiger partial charge is 0.245 e. The van der Waals surface area contributed by atoms with Crippen molar-refractivity contribution in [3.63, 3.8) is 0 Å². The van der Waals surface area contributed by atoms with Crippen LogP contribution in [0.2, 0.25) is 20.1 Å². The SMILES string of the molecule is Cc1cccc(Cl)c1CC(=O)c1c(Br)cc(/C=N/Nc2ncc(F)c(N3CCOCC3)n2)c(O)c1Cl.Cc1cccc(Cl)c1CC(=O)c1c(Br)cc(Cl)c(O)c1/C=N\Nc1ncc(F)c(N2CCOCC2)n1. The summed E-state index contributed by atoms with van der Waals surface area (Å²) in [5, 5.41) is 30.2. The van der Waals surface area contributed by atoms with Gasteiger partial charge in [-0.3, -0.25) is 9.59 Å². The fourth-order valence-corrected chi connectivity index (χ4v) is 10.1. The van der Waals surface area contributed by atoms with E-state index in [1.807, 2.05) is 32.0 Å². The molecule has 6 aromatic rings. The number of hydrazone groups is 2. The predicted molar refractivity (Wildman–Crippen MR) is 283 cm³/mol. The van der Waals surface area contributed by atoms with E-state index in [9.17, 15) is 28.6 Å². The summed E-state index contributed by atoms with van der Waals surface area (Å²) in [6.45, 7) is 7.65. The first kappa shape index (κ1) is 54.2. The van der Waals surface area contributed by atoms with Gasteiger partial charge < -0.3 is 29.5 Å². The molecule has 0 bridgehead atoms. The van der Waals surface area contributed by atoms with Gasteiger partial charge in [-0.2, -0.15) is 20.2 Å². The topological polar surface area (TPSA) is 200 Å². The van der Waals surface area contributed by atoms with Gasteiger partial charge in [0.15, 0.2) is 34.8 Å². The van der Waals surface area contributed by atoms with Crippen LogP contribution in [0.5, 0.6) is 11.5 Å². The highest BCUT2D eigenvalue weighted by atomic mass is 79.9. The number of benzene rings is 4. The summed E-state index contributed by atoms with van der Waals surface area (Å²) in [5.74, 6) is -1.99. The number of ether oxygens (including phenoxy) is 2. The van der Waals surface area contributed by atoms with Gasteiger partial charge in [-0.1, -0.05) is 70.7 Å². The summed E-state index contributed by atoms with van der Waals surface area (Å²) in [4.78, 5) is 46.0. The first-order valence-corrected chi connectivity index (χ1v) is 24.9. The lowest BCUT2D eigenvalue weighted by molar-refractivity contribution is 0.0983. The molecule has 72 heavy (non-hydrogen) atoms. The van der Waals surface area contributed by atoms with Gasteiger partial charge in [-0.25, -0.2) is 29.6 Å². The van der Waals surface area contributed by atoms with Crippen molar-refractivity contribution in [1.82, 2.24) is 19.9 Å². The van der Waals surface area contributed by atoms with E-state index in [4.69, 9.17) is 55.9 Å². The highest BCUT2D eigenvalue weighted by Crippen LogP contribution is 2.38. The second-order valence-corrected chi connectivity index (χ2v) is 19.2. The van der Waals surface area contributed by atoms with E-state index in [0.29, 0.717) is 82.7 Å². The molecule has 0 unspecified atom stereocenters. The van der Waals surface area contributed by atoms with Crippen molar-refractivity contribution >= 4 is 126 Å². The van der Waals surface area contributed by atoms with E-state index >= 15 is 0 Å². The Morgan fingerprint density at radius 1 is 0.694 bits per heavy atom. The third-order valence-corrected chi connectivity index (χ3v) is 13.8. The molecule has 4 aromatic carbocycles. The van der Waals surface area contributed by atoms with Crippen LogP contribution in [-0.4, -0.2) is 107 Å². The van der Waals surface area contributed by atoms with Crippen LogP contribution in [0.1, 0.15) is 54.1 Å². The predicted octanol–water partition coefficient (Wildman–Crippen LogP) is 10.8. The number of Topliss-reactive ketones (excluding diaryl/α,β-unsaturated/α-hetero) is 2. The van der Waals surface area contributed by atoms with Gasteiger partial charge in [0.25, 0.3) is 0 Å². The molecule has 2 aromatic heterocycles. The Morgan fingerprint density at radius 2 is 1.15 bits per heavy atom. The minimum atomic E-state index is -0.564. The summed E-state index contributed by atoms with van der Waals surface area (Å²) in [6.07, 6.45) is 4.65. The summed E-state index contributed by atoms with van der Waals surface area (Å²) < 4.78 is 39.8. The molecule has 0 spiro atoms. The molecule has 2 aliphatic rings. The van der Waals surface area contributed by atoms with E-state index in [1.54, 1.807) is 28.0 Å². The average Bonchev–Trinajstić information content (AvgIpc) is 3.36. The van der Waals surface area contributed by atoms with E-state index < -0.39 is 11.6 Å². The molecule has 376 valence electrons. The Labute approximate surface area is 448 Å². The number of ketones is 2. The van der Waals surface area contributed by atoms with Crippen LogP contribution < -0.4 is 20.7 Å². The number of anilines is 4. The first-order valence-electron chi connectivity index (χ1n) is 21.8. The van der Waals surface area contributed by atoms with Gasteiger partial charge in [0.1, 0.15) is 11.5 Å². The molecular weight excluding hydrogens is 1150 g/mol. The lowest BCUT2D eigenvalue weighted by Crippen LogP contribution is -2.37. The zero-order valence-electron chi connectivity index (χ0n) is 38.1. The van der Waals surface area contributed by atoms with Crippen LogP contribution in [0, 0.1) is 25.5 Å². The molecule has 16 nitrogen and oxygen atoms in total. The van der Waals surface area contributed by atoms with Crippen molar-refractivity contribution < 1.29 is 38.1 Å². The van der Waals surface area contributed by atoms with E-state index in [0.717, 1.165) is 23.5 Å². The average molecular weight is 1190 g/mol. The third-order valence-electron chi connectivity index (χ3n) is 11.2. The van der Waals surface area contributed by atoms with E-state index in [-0.39, 0.29) is 91.7 Å². The van der Waals surface area contributed by atoms with Crippen LogP contribution in [0.15, 0.2) is 80.1 Å². The number of nitrogens with zero attached hydrogens (tertiary/aromatic N) is 8. The molecule has 2 aliphatic heterocycles. The number of halogens is 8. The Balaban J connectivity index is 0.000000211. The standard InChI is InChI=1S/2C24H21BrCl2FN5O3/c1-13-3-2-4-17(26)14(13)9-20(34)21-15(22(35)18(27)10-16(21)25)11-30-32-24-29-12-19(28)23(31-24)33-5-7-36-8-6-33;1-13-3-2-4-17(26)15(13)10-19(34)20-16(25)9-14(22(35)21(20)27)11-30-32-24-29-12-18(28)23(31-24)33-5-7-36-8-6-33/h2-4,10-12,35H,5-9H2,1H3,(H,29,31,32);2-4,9,11-12,35H,5-8,10H2,1H3,(H,29,31,32)/b30-11-;30-11+. The number of morpholine rings is 2. The molecule has 0 atom stereocenters. The van der Waals surface area contributed by atoms with Crippen molar-refractivity contribution in [2.24, 2.45) is 10.2 Å². The molecule has 2 saturated heterocycles. The van der Waals surface area contributed by atoms with E-state index in [2.05, 4.69) is 72.9 Å². The summed E-state index contributed by atoms with van der Waals surface area (Å²) in [5.41, 5.74) is 9.00. The van der Waals surface area contributed by atoms with Crippen LogP contribution in [-0.2, 0) is 22.3 Å². The summed E-state index contributed by atoms with van der Waals surface area (Å²) in [7, 11) is 0. The Hall–Kier alpha value is -5.58. The second-order valence-electron chi connectivity index (χ2n) is 15.9. The van der Waals surface area contributed by atoms with Gasteiger partial charge in [0, 0.05) is 74.7 Å². The molecule has 0 aliphatic carbocycles. The van der Waals surface area contributed by atoms with Gasteiger partial charge in [0.05, 0.1) is 66.9 Å². The number of phenolic OH excluding ortho intramolecular Hbond substituents is 2. The maximum Gasteiger partial charge on any atom is 0.245 e. The van der Waals surface area contributed by atoms with E-state index in [1.165, 1.54) is 24.6 Å². The van der Waals surface area contributed by atoms with Crippen molar-refractivity contribution in [1.29, 1.82) is 0 Å². The maximum atomic E-state index is 14.3. The molecule has 0 radical (unpaired) electrons. The Morgan fingerprint density at radius 3 is 1.64 bits per heavy atom. The molecule has 4 N–H and O–H groups in total. The van der Waals surface area contributed by atoms with Crippen molar-refractivity contribution in [2.45, 2.75) is 26.7 Å². The number of hydrogen-bond donors (Lipinski definition) is 4. The molecular formula is C48H42Br2Cl4F2N10O6. The summed E-state index contributed by atoms with van der Waals surface area (Å²) >= 11 is 31.8. The number of phenols is 2. The van der Waals surface area contributed by atoms with Crippen molar-refractivity contribution in [2.75, 3.05) is 73.3 Å². The number of carbonyl (C=O) groups is 2. The second kappa shape index (κ2) is 24.9. The first-order chi connectivity index (χ1) is 34.5. The normalized spacial score (nSPS) is 13.9. The zero-order chi connectivity index (χ0) is 51.6. The van der Waals surface area contributed by atoms with Crippen LogP contribution in [0.25, 0.3) is 0 Å². The molecule has 24 heteroatoms. The quantitative estimate of drug-likeness (QED) is 0.0456. The number of aryl methyl sites for hydroxylation is 2. The largest absolute Gasteiger partial charge is 0.506 e. The molecule has 2 fully saturated rings. The third kappa shape index (κ3) is 13.1. The van der Waals surface area contributed by atoms with Gasteiger partial charge in [-0.05, 0) is 92.2 Å². The van der Waals surface area contributed by atoms with Gasteiger partial charge in [-0.15, -0.1) is 0 Å². The Kier molecular flexibility index (Phi) is 18.7. The lowest BCUT2D eigenvalue weighted by atomic mass is 9.96. The van der Waals surface area contributed by atoms with Crippen molar-refractivity contribution in [3.05, 3.63) is 146 Å². The number of nitrogens with one attached hydrogen (secondary N) is 2. The molecule has 0 amide bonds. The highest BCUT2D eigenvalue weighted by molar-refractivity contribution is 9.10. The lowest BCUT2D eigenvalue weighted by Gasteiger charge is -2.27. The molecule has 8 rings (SSSR count). The number of hydrogen-bond acceptors (Lipinski definition) is 16. The minimum absolute atomic E-state index is 0.00340. The number of rotatable bonds is 14. The fourth-order valence-electron chi connectivity index (χ4n) is 7.43. The van der Waals surface area contributed by atoms with Gasteiger partial charge in [0.2, 0.25) is 11.9 Å². The van der Waals surface area contributed by atoms with Gasteiger partial charge >= 0.3 is 0 Å². The van der Waals surface area contributed by atoms with Crippen molar-refractivity contribution in [3.8, 4) is 11.5 Å². The monoisotopic (exact) mass is 1190 g/mol. The number of aromatic hydroxyl groups is 2. The van der Waals surface area contributed by atoms with Crippen LogP contribution in [0.4, 0.5) is 32.3 Å². The maximum absolute atomic E-state index is 14.3. The molecule has 4 heterocycles. The number of aromatic nitrogens is 4. The van der Waals surface area contributed by atoms with Crippen LogP contribution in [0.3, 0.4) is 0 Å². The minimum Gasteiger partial charge on any atom is -0.506 e. The zero-order valence-corrected chi connectivity index (χ0v) is 44.3.